The smallest absolute Gasteiger partial charge is 0.0305 e. The molecule has 0 rings (SSSR count). The highest BCUT2D eigenvalue weighted by Gasteiger charge is 2.21. The summed E-state index contributed by atoms with van der Waals surface area (Å²) in [5.41, 5.74) is 0.675. The van der Waals surface area contributed by atoms with E-state index in [0.717, 1.165) is 5.92 Å². The normalized spacial score (nSPS) is 10.1. The Kier molecular flexibility index (Phi) is 25.9. The van der Waals surface area contributed by atoms with Gasteiger partial charge in [-0.15, -0.1) is 0 Å². The Morgan fingerprint density at radius 2 is 0.947 bits per heavy atom. The second-order valence-corrected chi connectivity index (χ2v) is 5.40. The first-order valence-corrected chi connectivity index (χ1v) is 8.09. The fraction of sp³-hybridized carbons (Fsp3) is 1.00. The van der Waals surface area contributed by atoms with Crippen LogP contribution in [0.15, 0.2) is 0 Å². The second kappa shape index (κ2) is 18.0. The molecule has 0 aliphatic rings. The Labute approximate surface area is 126 Å². The minimum Gasteiger partial charge on any atom is -0.0776 e. The molecule has 0 heteroatoms. The van der Waals surface area contributed by atoms with Crippen LogP contribution in [0.25, 0.3) is 0 Å². The molecule has 0 aromatic carbocycles. The van der Waals surface area contributed by atoms with Crippen molar-refractivity contribution in [2.75, 3.05) is 0 Å². The lowest BCUT2D eigenvalue weighted by atomic mass is 9.76. The summed E-state index contributed by atoms with van der Waals surface area (Å²) in [5, 5.41) is 0. The molecule has 0 nitrogen and oxygen atoms in total. The van der Waals surface area contributed by atoms with Gasteiger partial charge in [0.15, 0.2) is 0 Å². The molecule has 0 aliphatic heterocycles. The van der Waals surface area contributed by atoms with Gasteiger partial charge in [0.1, 0.15) is 0 Å². The van der Waals surface area contributed by atoms with Gasteiger partial charge in [0, 0.05) is 0 Å². The molecule has 19 heavy (non-hydrogen) atoms. The van der Waals surface area contributed by atoms with E-state index < -0.39 is 0 Å². The van der Waals surface area contributed by atoms with E-state index in [9.17, 15) is 0 Å². The Morgan fingerprint density at radius 1 is 0.632 bits per heavy atom. The molecule has 0 heterocycles. The van der Waals surface area contributed by atoms with Gasteiger partial charge in [-0.25, -0.2) is 0 Å². The average molecular weight is 275 g/mol. The second-order valence-electron chi connectivity index (χ2n) is 5.40. The van der Waals surface area contributed by atoms with Crippen molar-refractivity contribution in [1.82, 2.24) is 0 Å². The quantitative estimate of drug-likeness (QED) is 0.419. The van der Waals surface area contributed by atoms with E-state index in [0.29, 0.717) is 5.41 Å². The van der Waals surface area contributed by atoms with Crippen molar-refractivity contribution >= 4 is 0 Å². The molecule has 0 atom stereocenters. The van der Waals surface area contributed by atoms with Gasteiger partial charge in [-0.3, -0.25) is 0 Å². The average Bonchev–Trinajstić information content (AvgIpc) is 2.39. The van der Waals surface area contributed by atoms with E-state index in [-0.39, 0.29) is 14.9 Å². The van der Waals surface area contributed by atoms with E-state index in [2.05, 4.69) is 48.5 Å². The number of hydrogen-bond donors (Lipinski definition) is 0. The molecule has 0 radical (unpaired) electrons. The molecule has 0 amide bonds. The number of hydrogen-bond acceptors (Lipinski definition) is 0. The fourth-order valence-electron chi connectivity index (χ4n) is 2.68. The largest absolute Gasteiger partial charge is 0.0776 e. The maximum absolute atomic E-state index is 2.32. The monoisotopic (exact) mass is 274 g/mol. The first kappa shape index (κ1) is 27.4. The maximum atomic E-state index is 2.32. The highest BCUT2D eigenvalue weighted by atomic mass is 14.3. The van der Waals surface area contributed by atoms with Crippen LogP contribution in [-0.4, -0.2) is 0 Å². The first-order chi connectivity index (χ1) is 8.09. The Morgan fingerprint density at radius 3 is 1.00 bits per heavy atom. The third kappa shape index (κ3) is 12.8. The molecule has 0 bridgehead atoms. The van der Waals surface area contributed by atoms with Crippen LogP contribution < -0.4 is 0 Å². The molecule has 0 spiro atoms. The van der Waals surface area contributed by atoms with E-state index in [4.69, 9.17) is 0 Å². The molecule has 0 aromatic heterocycles. The van der Waals surface area contributed by atoms with Gasteiger partial charge in [0.05, 0.1) is 0 Å². The van der Waals surface area contributed by atoms with Crippen molar-refractivity contribution in [3.8, 4) is 0 Å². The van der Waals surface area contributed by atoms with Crippen molar-refractivity contribution < 1.29 is 0 Å². The van der Waals surface area contributed by atoms with Crippen molar-refractivity contribution in [2.24, 2.45) is 11.3 Å². The third-order valence-electron chi connectivity index (χ3n) is 4.76. The number of rotatable bonds is 8. The van der Waals surface area contributed by atoms with E-state index >= 15 is 0 Å². The molecule has 0 saturated carbocycles. The first-order valence-electron chi connectivity index (χ1n) is 8.09. The van der Waals surface area contributed by atoms with Crippen molar-refractivity contribution in [1.29, 1.82) is 0 Å². The topological polar surface area (TPSA) is 0 Å². The van der Waals surface area contributed by atoms with Gasteiger partial charge in [-0.1, -0.05) is 108 Å². The highest BCUT2D eigenvalue weighted by molar-refractivity contribution is 4.73. The van der Waals surface area contributed by atoms with Crippen LogP contribution in [0.3, 0.4) is 0 Å². The molecular formula is C19H46. The summed E-state index contributed by atoms with van der Waals surface area (Å²) in [6.45, 7) is 16.0. The van der Waals surface area contributed by atoms with Gasteiger partial charge >= 0.3 is 0 Å². The van der Waals surface area contributed by atoms with E-state index in [1.165, 1.54) is 51.4 Å². The van der Waals surface area contributed by atoms with Gasteiger partial charge in [0.25, 0.3) is 0 Å². The van der Waals surface area contributed by atoms with Crippen LogP contribution in [-0.2, 0) is 0 Å². The maximum Gasteiger partial charge on any atom is -0.0305 e. The zero-order valence-corrected chi connectivity index (χ0v) is 13.7. The lowest BCUT2D eigenvalue weighted by molar-refractivity contribution is 0.226. The van der Waals surface area contributed by atoms with Crippen molar-refractivity contribution in [3.63, 3.8) is 0 Å². The van der Waals surface area contributed by atoms with Gasteiger partial charge < -0.3 is 0 Å². The molecule has 0 unspecified atom stereocenters. The lowest BCUT2D eigenvalue weighted by Gasteiger charge is -2.29. The Bertz CT molecular complexity index is 115. The summed E-state index contributed by atoms with van der Waals surface area (Å²) < 4.78 is 0. The van der Waals surface area contributed by atoms with Crippen molar-refractivity contribution in [3.05, 3.63) is 0 Å². The molecule has 0 aliphatic carbocycles. The summed E-state index contributed by atoms with van der Waals surface area (Å²) in [4.78, 5) is 0. The molecule has 0 fully saturated rings. The molecule has 0 aromatic rings. The third-order valence-corrected chi connectivity index (χ3v) is 4.76. The fourth-order valence-corrected chi connectivity index (χ4v) is 2.68. The Balaban J connectivity index is -0.000000112. The minimum absolute atomic E-state index is 0. The summed E-state index contributed by atoms with van der Waals surface area (Å²) >= 11 is 0. The van der Waals surface area contributed by atoms with Crippen molar-refractivity contribution in [2.45, 2.75) is 115 Å². The van der Waals surface area contributed by atoms with Crippen LogP contribution in [0.1, 0.15) is 115 Å². The van der Waals surface area contributed by atoms with Gasteiger partial charge in [0.2, 0.25) is 0 Å². The summed E-state index contributed by atoms with van der Waals surface area (Å²) in [6.07, 6.45) is 10.9. The summed E-state index contributed by atoms with van der Waals surface area (Å²) in [7, 11) is 0. The molecule has 0 saturated heterocycles. The van der Waals surface area contributed by atoms with Crippen LogP contribution >= 0.6 is 0 Å². The zero-order chi connectivity index (χ0) is 13.7. The van der Waals surface area contributed by atoms with E-state index in [1.54, 1.807) is 0 Å². The standard InChI is InChI=1S/C10H22.C7H16.2CH4/c1-5-9-10(6-2,7-3)8-4;1-4-7(5-2)6-3;;/h5-9H2,1-4H3;7H,4-6H2,1-3H3;2*1H4. The predicted molar refractivity (Wildman–Crippen MR) is 96.0 cm³/mol. The SMILES string of the molecule is C.C.CCC(CC)CC.CCCC(CC)(CC)CC. The zero-order valence-electron chi connectivity index (χ0n) is 13.7. The molecule has 0 N–H and O–H groups in total. The van der Waals surface area contributed by atoms with Crippen LogP contribution in [0.5, 0.6) is 0 Å². The van der Waals surface area contributed by atoms with Crippen LogP contribution in [0.4, 0.5) is 0 Å². The summed E-state index contributed by atoms with van der Waals surface area (Å²) in [5.74, 6) is 0.986. The van der Waals surface area contributed by atoms with Gasteiger partial charge in [-0.05, 0) is 17.8 Å². The lowest BCUT2D eigenvalue weighted by Crippen LogP contribution is -2.16. The Hall–Kier alpha value is 0. The molecule has 122 valence electrons. The highest BCUT2D eigenvalue weighted by Crippen LogP contribution is 2.35. The van der Waals surface area contributed by atoms with E-state index in [1.807, 2.05) is 0 Å². The van der Waals surface area contributed by atoms with Gasteiger partial charge in [-0.2, -0.15) is 0 Å². The predicted octanol–water partition coefficient (Wildman–Crippen LogP) is 8.11. The van der Waals surface area contributed by atoms with Crippen LogP contribution in [0, 0.1) is 11.3 Å². The summed E-state index contributed by atoms with van der Waals surface area (Å²) in [6, 6.07) is 0. The minimum atomic E-state index is 0. The van der Waals surface area contributed by atoms with Crippen LogP contribution in [0.2, 0.25) is 0 Å². The molecular weight excluding hydrogens is 228 g/mol.